The zero-order valence-corrected chi connectivity index (χ0v) is 10.7. The van der Waals surface area contributed by atoms with Crippen molar-refractivity contribution in [3.8, 4) is 0 Å². The zero-order chi connectivity index (χ0) is 12.4. The Bertz CT molecular complexity index is 400. The van der Waals surface area contributed by atoms with Gasteiger partial charge in [0.15, 0.2) is 0 Å². The summed E-state index contributed by atoms with van der Waals surface area (Å²) < 4.78 is 0. The summed E-state index contributed by atoms with van der Waals surface area (Å²) in [5.41, 5.74) is 1.63. The van der Waals surface area contributed by atoms with Gasteiger partial charge in [-0.15, -0.1) is 0 Å². The molecular weight excluding hydrogens is 214 g/mol. The van der Waals surface area contributed by atoms with Crippen molar-refractivity contribution < 1.29 is 4.79 Å². The monoisotopic (exact) mass is 233 g/mol. The molecule has 0 aromatic carbocycles. The van der Waals surface area contributed by atoms with Crippen molar-refractivity contribution in [2.24, 2.45) is 0 Å². The first-order chi connectivity index (χ1) is 8.08. The fraction of sp³-hybridized carbons (Fsp3) is 0.538. The van der Waals surface area contributed by atoms with Gasteiger partial charge < -0.3 is 9.80 Å². The maximum absolute atomic E-state index is 12.2. The van der Waals surface area contributed by atoms with Crippen LogP contribution in [0.5, 0.6) is 0 Å². The normalized spacial score (nSPS) is 20.0. The molecule has 1 amide bonds. The molecule has 1 fully saturated rings. The Labute approximate surface area is 102 Å². The summed E-state index contributed by atoms with van der Waals surface area (Å²) in [6.45, 7) is 3.58. The average molecular weight is 233 g/mol. The van der Waals surface area contributed by atoms with Crippen molar-refractivity contribution in [3.05, 3.63) is 29.6 Å². The molecule has 0 unspecified atom stereocenters. The fourth-order valence-electron chi connectivity index (χ4n) is 2.12. The highest BCUT2D eigenvalue weighted by Gasteiger charge is 2.27. The third kappa shape index (κ3) is 2.64. The maximum atomic E-state index is 12.2. The molecule has 4 heteroatoms. The first kappa shape index (κ1) is 12.0. The molecule has 1 aromatic rings. The van der Waals surface area contributed by atoms with Gasteiger partial charge in [-0.3, -0.25) is 9.78 Å². The number of rotatable bonds is 2. The summed E-state index contributed by atoms with van der Waals surface area (Å²) in [6.07, 6.45) is 2.72. The van der Waals surface area contributed by atoms with E-state index in [4.69, 9.17) is 0 Å². The highest BCUT2D eigenvalue weighted by Crippen LogP contribution is 2.16. The van der Waals surface area contributed by atoms with E-state index in [2.05, 4.69) is 24.0 Å². The Morgan fingerprint density at radius 2 is 2.24 bits per heavy atom. The van der Waals surface area contributed by atoms with E-state index < -0.39 is 0 Å². The second kappa shape index (κ2) is 4.84. The van der Waals surface area contributed by atoms with Gasteiger partial charge in [-0.05, 0) is 39.6 Å². The number of hydrogen-bond donors (Lipinski definition) is 0. The van der Waals surface area contributed by atoms with Crippen LogP contribution in [0, 0.1) is 6.92 Å². The predicted octanol–water partition coefficient (Wildman–Crippen LogP) is 1.17. The fourth-order valence-corrected chi connectivity index (χ4v) is 2.12. The molecule has 1 aliphatic rings. The number of likely N-dealkylation sites (tertiary alicyclic amines) is 1. The Balaban J connectivity index is 2.04. The number of likely N-dealkylation sites (N-methyl/N-ethyl adjacent to an activating group) is 1. The van der Waals surface area contributed by atoms with Crippen molar-refractivity contribution in [1.29, 1.82) is 0 Å². The van der Waals surface area contributed by atoms with Gasteiger partial charge in [0.05, 0.1) is 5.56 Å². The Kier molecular flexibility index (Phi) is 3.43. The molecule has 92 valence electrons. The topological polar surface area (TPSA) is 36.4 Å². The lowest BCUT2D eigenvalue weighted by Gasteiger charge is -2.20. The molecule has 4 nitrogen and oxygen atoms in total. The van der Waals surface area contributed by atoms with Gasteiger partial charge in [-0.1, -0.05) is 0 Å². The van der Waals surface area contributed by atoms with Gasteiger partial charge in [-0.2, -0.15) is 0 Å². The van der Waals surface area contributed by atoms with E-state index in [1.54, 1.807) is 6.20 Å². The molecular formula is C13H19N3O. The second-order valence-corrected chi connectivity index (χ2v) is 4.85. The lowest BCUT2D eigenvalue weighted by atomic mass is 10.2. The standard InChI is InChI=1S/C13H19N3O/c1-10-4-5-11(8-14-10)13(17)16-7-6-12(9-16)15(2)3/h4-5,8,12H,6-7,9H2,1-3H3/t12-/m0/s1. The van der Waals surface area contributed by atoms with Gasteiger partial charge >= 0.3 is 0 Å². The summed E-state index contributed by atoms with van der Waals surface area (Å²) in [5.74, 6) is 0.0989. The molecule has 1 aromatic heterocycles. The summed E-state index contributed by atoms with van der Waals surface area (Å²) >= 11 is 0. The largest absolute Gasteiger partial charge is 0.337 e. The SMILES string of the molecule is Cc1ccc(C(=O)N2CC[C@H](N(C)C)C2)cn1. The van der Waals surface area contributed by atoms with Crippen molar-refractivity contribution in [2.75, 3.05) is 27.2 Å². The first-order valence-electron chi connectivity index (χ1n) is 5.96. The van der Waals surface area contributed by atoms with Gasteiger partial charge in [0.2, 0.25) is 0 Å². The molecule has 0 saturated carbocycles. The van der Waals surface area contributed by atoms with Crippen LogP contribution in [-0.2, 0) is 0 Å². The third-order valence-corrected chi connectivity index (χ3v) is 3.34. The quantitative estimate of drug-likeness (QED) is 0.769. The summed E-state index contributed by atoms with van der Waals surface area (Å²) in [6, 6.07) is 4.22. The summed E-state index contributed by atoms with van der Waals surface area (Å²) in [4.78, 5) is 20.5. The van der Waals surface area contributed by atoms with Crippen LogP contribution in [0.3, 0.4) is 0 Å². The molecule has 2 heterocycles. The summed E-state index contributed by atoms with van der Waals surface area (Å²) in [7, 11) is 4.12. The average Bonchev–Trinajstić information content (AvgIpc) is 2.78. The smallest absolute Gasteiger partial charge is 0.255 e. The van der Waals surface area contributed by atoms with E-state index >= 15 is 0 Å². The highest BCUT2D eigenvalue weighted by molar-refractivity contribution is 5.94. The first-order valence-corrected chi connectivity index (χ1v) is 5.96. The van der Waals surface area contributed by atoms with E-state index in [0.29, 0.717) is 11.6 Å². The molecule has 0 aliphatic carbocycles. The van der Waals surface area contributed by atoms with Crippen LogP contribution in [0.2, 0.25) is 0 Å². The van der Waals surface area contributed by atoms with Gasteiger partial charge in [-0.25, -0.2) is 0 Å². The number of carbonyl (C=O) groups excluding carboxylic acids is 1. The molecule has 0 spiro atoms. The minimum Gasteiger partial charge on any atom is -0.337 e. The number of aryl methyl sites for hydroxylation is 1. The van der Waals surface area contributed by atoms with Crippen LogP contribution < -0.4 is 0 Å². The van der Waals surface area contributed by atoms with Crippen molar-refractivity contribution >= 4 is 5.91 Å². The number of carbonyl (C=O) groups is 1. The number of aromatic nitrogens is 1. The van der Waals surface area contributed by atoms with E-state index in [9.17, 15) is 4.79 Å². The molecule has 0 bridgehead atoms. The van der Waals surface area contributed by atoms with Crippen LogP contribution in [-0.4, -0.2) is 53.9 Å². The molecule has 1 saturated heterocycles. The molecule has 0 radical (unpaired) electrons. The van der Waals surface area contributed by atoms with Crippen LogP contribution in [0.15, 0.2) is 18.3 Å². The van der Waals surface area contributed by atoms with Crippen molar-refractivity contribution in [3.63, 3.8) is 0 Å². The minimum absolute atomic E-state index is 0.0989. The van der Waals surface area contributed by atoms with Crippen LogP contribution in [0.25, 0.3) is 0 Å². The molecule has 0 N–H and O–H groups in total. The maximum Gasteiger partial charge on any atom is 0.255 e. The van der Waals surface area contributed by atoms with E-state index in [-0.39, 0.29) is 5.91 Å². The van der Waals surface area contributed by atoms with Crippen molar-refractivity contribution in [2.45, 2.75) is 19.4 Å². The van der Waals surface area contributed by atoms with Crippen LogP contribution >= 0.6 is 0 Å². The third-order valence-electron chi connectivity index (χ3n) is 3.34. The Hall–Kier alpha value is -1.42. The number of nitrogens with zero attached hydrogens (tertiary/aromatic N) is 3. The highest BCUT2D eigenvalue weighted by atomic mass is 16.2. The van der Waals surface area contributed by atoms with E-state index in [1.807, 2.05) is 24.0 Å². The Morgan fingerprint density at radius 1 is 1.47 bits per heavy atom. The van der Waals surface area contributed by atoms with Crippen molar-refractivity contribution in [1.82, 2.24) is 14.8 Å². The number of hydrogen-bond acceptors (Lipinski definition) is 3. The van der Waals surface area contributed by atoms with Gasteiger partial charge in [0.1, 0.15) is 0 Å². The second-order valence-electron chi connectivity index (χ2n) is 4.85. The molecule has 2 rings (SSSR count). The lowest BCUT2D eigenvalue weighted by molar-refractivity contribution is 0.0782. The van der Waals surface area contributed by atoms with Crippen LogP contribution in [0.4, 0.5) is 0 Å². The lowest BCUT2D eigenvalue weighted by Crippen LogP contribution is -2.34. The number of pyridine rings is 1. The predicted molar refractivity (Wildman–Crippen MR) is 67.0 cm³/mol. The Morgan fingerprint density at radius 3 is 2.76 bits per heavy atom. The van der Waals surface area contributed by atoms with Gasteiger partial charge in [0.25, 0.3) is 5.91 Å². The minimum atomic E-state index is 0.0989. The molecule has 1 aliphatic heterocycles. The zero-order valence-electron chi connectivity index (χ0n) is 10.7. The van der Waals surface area contributed by atoms with E-state index in [1.165, 1.54) is 0 Å². The summed E-state index contributed by atoms with van der Waals surface area (Å²) in [5, 5.41) is 0. The van der Waals surface area contributed by atoms with Gasteiger partial charge in [0, 0.05) is 31.0 Å². The van der Waals surface area contributed by atoms with Crippen LogP contribution in [0.1, 0.15) is 22.5 Å². The number of amides is 1. The molecule has 17 heavy (non-hydrogen) atoms. The molecule has 1 atom stereocenters. The van der Waals surface area contributed by atoms with E-state index in [0.717, 1.165) is 25.2 Å².